The summed E-state index contributed by atoms with van der Waals surface area (Å²) in [4.78, 5) is 15.4. The van der Waals surface area contributed by atoms with Crippen molar-refractivity contribution in [2.24, 2.45) is 0 Å². The van der Waals surface area contributed by atoms with Crippen molar-refractivity contribution in [2.75, 3.05) is 0 Å². The lowest BCUT2D eigenvalue weighted by atomic mass is 9.98. The number of hydrogen-bond donors (Lipinski definition) is 0. The molecule has 0 atom stereocenters. The number of pyridine rings is 3. The molecule has 10 aromatic rings. The van der Waals surface area contributed by atoms with E-state index in [-0.39, 0.29) is 0 Å². The summed E-state index contributed by atoms with van der Waals surface area (Å²) in [6, 6.07) is 52.5. The first-order chi connectivity index (χ1) is 23.3. The Bertz CT molecular complexity index is 2840. The molecule has 47 heavy (non-hydrogen) atoms. The molecule has 218 valence electrons. The second-order valence-corrected chi connectivity index (χ2v) is 12.0. The molecule has 10 rings (SSSR count). The lowest BCUT2D eigenvalue weighted by molar-refractivity contribution is 0.669. The van der Waals surface area contributed by atoms with E-state index in [9.17, 15) is 0 Å². The van der Waals surface area contributed by atoms with Gasteiger partial charge in [-0.2, -0.15) is 0 Å². The van der Waals surface area contributed by atoms with Crippen LogP contribution in [0.2, 0.25) is 0 Å². The summed E-state index contributed by atoms with van der Waals surface area (Å²) in [5.74, 6) is 0. The summed E-state index contributed by atoms with van der Waals surface area (Å²) in [5.41, 5.74) is 10.2. The lowest BCUT2D eigenvalue weighted by Gasteiger charge is -2.10. The summed E-state index contributed by atoms with van der Waals surface area (Å²) >= 11 is 0. The number of furan rings is 1. The van der Waals surface area contributed by atoms with Gasteiger partial charge in [-0.05, 0) is 35.0 Å². The number of para-hydroxylation sites is 1. The van der Waals surface area contributed by atoms with Crippen molar-refractivity contribution in [2.45, 2.75) is 0 Å². The van der Waals surface area contributed by atoms with E-state index in [4.69, 9.17) is 19.4 Å². The van der Waals surface area contributed by atoms with Crippen molar-refractivity contribution < 1.29 is 4.42 Å². The largest absolute Gasteiger partial charge is 0.454 e. The van der Waals surface area contributed by atoms with E-state index in [1.165, 1.54) is 10.8 Å². The standard InChI is InChI=1S/C43H25N3O/c1-2-9-27(10-3-1)34-23-21-29-18-19-30-22-24-35(45-41(30)40(29)44-34)28-14-16-31(17-15-28)42-43-39(33-12-6-7-13-37(33)47-43)38-32-11-5-4-8-26(32)20-25-36(38)46-42/h1-25H. The Balaban J connectivity index is 1.12. The fraction of sp³-hybridized carbons (Fsp3) is 0. The smallest absolute Gasteiger partial charge is 0.162 e. The number of aromatic nitrogens is 3. The molecule has 0 N–H and O–H groups in total. The highest BCUT2D eigenvalue weighted by atomic mass is 16.3. The van der Waals surface area contributed by atoms with Gasteiger partial charge in [0.25, 0.3) is 0 Å². The second kappa shape index (κ2) is 10.1. The van der Waals surface area contributed by atoms with Crippen LogP contribution in [0.25, 0.3) is 99.2 Å². The zero-order valence-electron chi connectivity index (χ0n) is 25.2. The maximum Gasteiger partial charge on any atom is 0.162 e. The van der Waals surface area contributed by atoms with Gasteiger partial charge < -0.3 is 4.42 Å². The Morgan fingerprint density at radius 1 is 0.383 bits per heavy atom. The molecule has 4 nitrogen and oxygen atoms in total. The normalized spacial score (nSPS) is 11.8. The Morgan fingerprint density at radius 3 is 1.70 bits per heavy atom. The third-order valence-corrected chi connectivity index (χ3v) is 9.24. The van der Waals surface area contributed by atoms with Gasteiger partial charge in [-0.3, -0.25) is 0 Å². The summed E-state index contributed by atoms with van der Waals surface area (Å²) in [7, 11) is 0. The van der Waals surface area contributed by atoms with Gasteiger partial charge >= 0.3 is 0 Å². The average Bonchev–Trinajstić information content (AvgIpc) is 3.54. The van der Waals surface area contributed by atoms with Crippen LogP contribution in [0.1, 0.15) is 0 Å². The molecule has 0 unspecified atom stereocenters. The minimum absolute atomic E-state index is 0.804. The van der Waals surface area contributed by atoms with E-state index in [1.54, 1.807) is 0 Å². The third kappa shape index (κ3) is 4.05. The minimum atomic E-state index is 0.804. The summed E-state index contributed by atoms with van der Waals surface area (Å²) < 4.78 is 6.56. The van der Waals surface area contributed by atoms with Crippen molar-refractivity contribution in [3.05, 3.63) is 152 Å². The first kappa shape index (κ1) is 25.9. The second-order valence-electron chi connectivity index (χ2n) is 12.0. The number of hydrogen-bond acceptors (Lipinski definition) is 4. The van der Waals surface area contributed by atoms with Gasteiger partial charge in [-0.15, -0.1) is 0 Å². The van der Waals surface area contributed by atoms with Crippen molar-refractivity contribution in [3.63, 3.8) is 0 Å². The highest BCUT2D eigenvalue weighted by Crippen LogP contribution is 2.42. The molecule has 0 fully saturated rings. The zero-order valence-corrected chi connectivity index (χ0v) is 25.2. The van der Waals surface area contributed by atoms with Crippen LogP contribution in [0.4, 0.5) is 0 Å². The summed E-state index contributed by atoms with van der Waals surface area (Å²) in [5, 5.41) is 7.83. The van der Waals surface area contributed by atoms with E-state index in [0.29, 0.717) is 0 Å². The van der Waals surface area contributed by atoms with E-state index in [0.717, 1.165) is 88.4 Å². The SMILES string of the molecule is c1ccc(-c2ccc3ccc4ccc(-c5ccc(-c6nc7ccc8ccccc8c7c7c6oc6ccccc67)cc5)nc4c3n2)cc1. The third-order valence-electron chi connectivity index (χ3n) is 9.24. The monoisotopic (exact) mass is 599 g/mol. The summed E-state index contributed by atoms with van der Waals surface area (Å²) in [6.45, 7) is 0. The minimum Gasteiger partial charge on any atom is -0.454 e. The number of rotatable bonds is 3. The van der Waals surface area contributed by atoms with E-state index in [2.05, 4.69) is 121 Å². The van der Waals surface area contributed by atoms with Gasteiger partial charge in [0.05, 0.1) is 27.9 Å². The Hall–Kier alpha value is -6.39. The predicted octanol–water partition coefficient (Wildman–Crippen LogP) is 11.4. The number of nitrogens with zero attached hydrogens (tertiary/aromatic N) is 3. The predicted molar refractivity (Wildman–Crippen MR) is 193 cm³/mol. The quantitative estimate of drug-likeness (QED) is 0.190. The lowest BCUT2D eigenvalue weighted by Crippen LogP contribution is -1.92. The van der Waals surface area contributed by atoms with Gasteiger partial charge in [0.2, 0.25) is 0 Å². The molecule has 0 amide bonds. The van der Waals surface area contributed by atoms with Crippen LogP contribution in [0.15, 0.2) is 156 Å². The van der Waals surface area contributed by atoms with E-state index in [1.807, 2.05) is 30.3 Å². The van der Waals surface area contributed by atoms with E-state index >= 15 is 0 Å². The highest BCUT2D eigenvalue weighted by molar-refractivity contribution is 6.27. The molecule has 0 aliphatic rings. The Kier molecular flexibility index (Phi) is 5.54. The molecule has 0 spiro atoms. The first-order valence-corrected chi connectivity index (χ1v) is 15.8. The maximum atomic E-state index is 6.56. The molecule has 0 aliphatic carbocycles. The van der Waals surface area contributed by atoms with Crippen molar-refractivity contribution in [1.82, 2.24) is 15.0 Å². The molecule has 0 saturated heterocycles. The molecule has 0 radical (unpaired) electrons. The van der Waals surface area contributed by atoms with Crippen LogP contribution in [-0.2, 0) is 0 Å². The van der Waals surface area contributed by atoms with Gasteiger partial charge in [0, 0.05) is 43.6 Å². The van der Waals surface area contributed by atoms with Crippen LogP contribution in [-0.4, -0.2) is 15.0 Å². The molecule has 4 heterocycles. The molecule has 0 bridgehead atoms. The maximum absolute atomic E-state index is 6.56. The van der Waals surface area contributed by atoms with E-state index < -0.39 is 0 Å². The molecule has 0 saturated carbocycles. The summed E-state index contributed by atoms with van der Waals surface area (Å²) in [6.07, 6.45) is 0. The topological polar surface area (TPSA) is 51.8 Å². The van der Waals surface area contributed by atoms with Crippen molar-refractivity contribution in [3.8, 4) is 33.8 Å². The van der Waals surface area contributed by atoms with Crippen LogP contribution in [0.3, 0.4) is 0 Å². The van der Waals surface area contributed by atoms with Crippen molar-refractivity contribution >= 4 is 65.4 Å². The zero-order chi connectivity index (χ0) is 30.9. The van der Waals surface area contributed by atoms with Gasteiger partial charge in [-0.25, -0.2) is 15.0 Å². The van der Waals surface area contributed by atoms with Crippen molar-refractivity contribution in [1.29, 1.82) is 0 Å². The molecule has 0 aliphatic heterocycles. The van der Waals surface area contributed by atoms with Crippen LogP contribution in [0.5, 0.6) is 0 Å². The van der Waals surface area contributed by atoms with Gasteiger partial charge in [-0.1, -0.05) is 127 Å². The average molecular weight is 600 g/mol. The molecular weight excluding hydrogens is 574 g/mol. The fourth-order valence-electron chi connectivity index (χ4n) is 6.94. The van der Waals surface area contributed by atoms with Crippen LogP contribution in [0, 0.1) is 0 Å². The highest BCUT2D eigenvalue weighted by Gasteiger charge is 2.19. The molecule has 4 aromatic heterocycles. The van der Waals surface area contributed by atoms with Crippen LogP contribution < -0.4 is 0 Å². The Morgan fingerprint density at radius 2 is 0.957 bits per heavy atom. The first-order valence-electron chi connectivity index (χ1n) is 15.8. The van der Waals surface area contributed by atoms with Gasteiger partial charge in [0.1, 0.15) is 11.3 Å². The van der Waals surface area contributed by atoms with Gasteiger partial charge in [0.15, 0.2) is 5.58 Å². The fourth-order valence-corrected chi connectivity index (χ4v) is 6.94. The number of fused-ring (bicyclic) bond motifs is 10. The van der Waals surface area contributed by atoms with Crippen LogP contribution >= 0.6 is 0 Å². The number of benzene rings is 6. The molecular formula is C43H25N3O. The molecule has 6 aromatic carbocycles. The molecule has 4 heteroatoms. The Labute approximate surface area is 269 Å².